The van der Waals surface area contributed by atoms with Crippen LogP contribution in [0.1, 0.15) is 35.2 Å². The van der Waals surface area contributed by atoms with E-state index in [1.165, 1.54) is 0 Å². The van der Waals surface area contributed by atoms with Crippen LogP contribution < -0.4 is 0 Å². The summed E-state index contributed by atoms with van der Waals surface area (Å²) in [6, 6.07) is 7.76. The second-order valence-electron chi connectivity index (χ2n) is 6.02. The van der Waals surface area contributed by atoms with E-state index in [0.717, 1.165) is 42.4 Å². The van der Waals surface area contributed by atoms with Crippen molar-refractivity contribution in [3.63, 3.8) is 0 Å². The highest BCUT2D eigenvalue weighted by atomic mass is 16.1. The van der Waals surface area contributed by atoms with Crippen LogP contribution in [0.3, 0.4) is 0 Å². The summed E-state index contributed by atoms with van der Waals surface area (Å²) in [5, 5.41) is 0. The first-order chi connectivity index (χ1) is 10.7. The van der Waals surface area contributed by atoms with Gasteiger partial charge in [0, 0.05) is 23.0 Å². The minimum Gasteiger partial charge on any atom is -0.294 e. The number of carbonyl (C=O) groups excluding carboxylic acids is 2. The van der Waals surface area contributed by atoms with Gasteiger partial charge >= 0.3 is 0 Å². The molecule has 1 aromatic rings. The predicted octanol–water partition coefficient (Wildman–Crippen LogP) is 4.08. The van der Waals surface area contributed by atoms with E-state index in [0.29, 0.717) is 5.57 Å². The lowest BCUT2D eigenvalue weighted by Gasteiger charge is -2.32. The van der Waals surface area contributed by atoms with E-state index < -0.39 is 0 Å². The number of fused-ring (bicyclic) bond motifs is 1. The van der Waals surface area contributed by atoms with Gasteiger partial charge in [0.05, 0.1) is 0 Å². The van der Waals surface area contributed by atoms with Gasteiger partial charge in [-0.1, -0.05) is 49.6 Å². The standard InChI is InChI=1S/C20H20O2/c1-3-13-9-11-17(19(21)15(13)4-2)18-12-10-14-7-5-6-8-16(14)20(18)22/h3-8,17-18H,1-2,9-12H2. The third-order valence-electron chi connectivity index (χ3n) is 4.95. The Morgan fingerprint density at radius 1 is 0.909 bits per heavy atom. The van der Waals surface area contributed by atoms with E-state index in [-0.39, 0.29) is 23.4 Å². The van der Waals surface area contributed by atoms with Gasteiger partial charge in [0.2, 0.25) is 0 Å². The van der Waals surface area contributed by atoms with Crippen LogP contribution in [-0.4, -0.2) is 11.6 Å². The minimum atomic E-state index is -0.211. The number of hydrogen-bond acceptors (Lipinski definition) is 2. The number of hydrogen-bond donors (Lipinski definition) is 0. The largest absolute Gasteiger partial charge is 0.294 e. The topological polar surface area (TPSA) is 34.1 Å². The zero-order valence-corrected chi connectivity index (χ0v) is 12.7. The smallest absolute Gasteiger partial charge is 0.166 e. The average Bonchev–Trinajstić information content (AvgIpc) is 2.55. The summed E-state index contributed by atoms with van der Waals surface area (Å²) in [4.78, 5) is 25.5. The molecule has 1 aromatic carbocycles. The van der Waals surface area contributed by atoms with E-state index in [4.69, 9.17) is 0 Å². The van der Waals surface area contributed by atoms with E-state index in [9.17, 15) is 9.59 Å². The van der Waals surface area contributed by atoms with E-state index >= 15 is 0 Å². The SMILES string of the molecule is C=CC1=C(C=C)C(=O)C(C2CCc3ccccc3C2=O)CC1. The van der Waals surface area contributed by atoms with Crippen LogP contribution in [0.4, 0.5) is 0 Å². The molecule has 0 fully saturated rings. The zero-order valence-electron chi connectivity index (χ0n) is 12.7. The Morgan fingerprint density at radius 2 is 1.59 bits per heavy atom. The molecular weight excluding hydrogens is 272 g/mol. The summed E-state index contributed by atoms with van der Waals surface area (Å²) in [6.45, 7) is 7.53. The maximum Gasteiger partial charge on any atom is 0.166 e. The van der Waals surface area contributed by atoms with E-state index in [2.05, 4.69) is 13.2 Å². The van der Waals surface area contributed by atoms with Gasteiger partial charge in [0.15, 0.2) is 11.6 Å². The van der Waals surface area contributed by atoms with Crippen LogP contribution >= 0.6 is 0 Å². The number of benzene rings is 1. The Balaban J connectivity index is 1.92. The number of Topliss-reactive ketones (excluding diaryl/α,β-unsaturated/α-hetero) is 2. The van der Waals surface area contributed by atoms with Crippen molar-refractivity contribution in [2.75, 3.05) is 0 Å². The van der Waals surface area contributed by atoms with Crippen LogP contribution in [0.5, 0.6) is 0 Å². The molecule has 0 aliphatic heterocycles. The van der Waals surface area contributed by atoms with E-state index in [1.807, 2.05) is 24.3 Å². The predicted molar refractivity (Wildman–Crippen MR) is 87.7 cm³/mol. The molecule has 2 aliphatic carbocycles. The quantitative estimate of drug-likeness (QED) is 0.841. The zero-order chi connectivity index (χ0) is 15.7. The maximum atomic E-state index is 12.8. The highest BCUT2D eigenvalue weighted by Crippen LogP contribution is 2.38. The number of ketones is 2. The average molecular weight is 292 g/mol. The molecular formula is C20H20O2. The minimum absolute atomic E-state index is 0.0638. The van der Waals surface area contributed by atoms with Gasteiger partial charge in [-0.15, -0.1) is 0 Å². The molecule has 22 heavy (non-hydrogen) atoms. The molecule has 0 saturated carbocycles. The fraction of sp³-hybridized carbons (Fsp3) is 0.300. The lowest BCUT2D eigenvalue weighted by atomic mass is 9.69. The normalized spacial score (nSPS) is 24.9. The molecule has 112 valence electrons. The fourth-order valence-corrected chi connectivity index (χ4v) is 3.77. The van der Waals surface area contributed by atoms with Crippen molar-refractivity contribution in [3.8, 4) is 0 Å². The molecule has 0 aromatic heterocycles. The van der Waals surface area contributed by atoms with Gasteiger partial charge in [-0.05, 0) is 36.8 Å². The monoisotopic (exact) mass is 292 g/mol. The summed E-state index contributed by atoms with van der Waals surface area (Å²) in [6.07, 6.45) is 6.52. The van der Waals surface area contributed by atoms with Crippen LogP contribution in [0.2, 0.25) is 0 Å². The van der Waals surface area contributed by atoms with Gasteiger partial charge < -0.3 is 0 Å². The van der Waals surface area contributed by atoms with Crippen LogP contribution in [0, 0.1) is 11.8 Å². The molecule has 0 N–H and O–H groups in total. The Bertz CT molecular complexity index is 693. The summed E-state index contributed by atoms with van der Waals surface area (Å²) < 4.78 is 0. The molecule has 3 rings (SSSR count). The highest BCUT2D eigenvalue weighted by molar-refractivity contribution is 6.07. The summed E-state index contributed by atoms with van der Waals surface area (Å²) in [5.74, 6) is -0.208. The molecule has 0 spiro atoms. The molecule has 2 heteroatoms. The Hall–Kier alpha value is -2.22. The van der Waals surface area contributed by atoms with Crippen molar-refractivity contribution in [3.05, 3.63) is 71.8 Å². The molecule has 2 nitrogen and oxygen atoms in total. The molecule has 2 aliphatic rings. The van der Waals surface area contributed by atoms with Crippen molar-refractivity contribution in [2.24, 2.45) is 11.8 Å². The van der Waals surface area contributed by atoms with Crippen molar-refractivity contribution >= 4 is 11.6 Å². The number of aryl methyl sites for hydroxylation is 1. The first-order valence-electron chi connectivity index (χ1n) is 7.81. The molecule has 0 amide bonds. The van der Waals surface area contributed by atoms with Crippen LogP contribution in [0.25, 0.3) is 0 Å². The number of carbonyl (C=O) groups is 2. The molecule has 2 atom stereocenters. The summed E-state index contributed by atoms with van der Waals surface area (Å²) >= 11 is 0. The summed E-state index contributed by atoms with van der Waals surface area (Å²) in [7, 11) is 0. The van der Waals surface area contributed by atoms with Gasteiger partial charge in [0.25, 0.3) is 0 Å². The Labute approximate surface area is 131 Å². The van der Waals surface area contributed by atoms with Crippen molar-refractivity contribution in [2.45, 2.75) is 25.7 Å². The second kappa shape index (κ2) is 5.88. The molecule has 0 radical (unpaired) electrons. The van der Waals surface area contributed by atoms with E-state index in [1.54, 1.807) is 12.2 Å². The maximum absolute atomic E-state index is 12.8. The highest BCUT2D eigenvalue weighted by Gasteiger charge is 2.39. The molecule has 0 bridgehead atoms. The van der Waals surface area contributed by atoms with Crippen LogP contribution in [-0.2, 0) is 11.2 Å². The van der Waals surface area contributed by atoms with Crippen LogP contribution in [0.15, 0.2) is 60.7 Å². The Kier molecular flexibility index (Phi) is 3.93. The summed E-state index contributed by atoms with van der Waals surface area (Å²) in [5.41, 5.74) is 3.52. The van der Waals surface area contributed by atoms with Gasteiger partial charge in [-0.3, -0.25) is 9.59 Å². The van der Waals surface area contributed by atoms with Crippen molar-refractivity contribution in [1.82, 2.24) is 0 Å². The molecule has 0 heterocycles. The van der Waals surface area contributed by atoms with Gasteiger partial charge in [0.1, 0.15) is 0 Å². The van der Waals surface area contributed by atoms with Gasteiger partial charge in [-0.25, -0.2) is 0 Å². The first kappa shape index (κ1) is 14.7. The van der Waals surface area contributed by atoms with Crippen molar-refractivity contribution in [1.29, 1.82) is 0 Å². The Morgan fingerprint density at radius 3 is 2.32 bits per heavy atom. The first-order valence-corrected chi connectivity index (χ1v) is 7.81. The second-order valence-corrected chi connectivity index (χ2v) is 6.02. The lowest BCUT2D eigenvalue weighted by Crippen LogP contribution is -2.36. The molecule has 2 unspecified atom stereocenters. The number of rotatable bonds is 3. The number of allylic oxidation sites excluding steroid dienone is 4. The lowest BCUT2D eigenvalue weighted by molar-refractivity contribution is -0.120. The van der Waals surface area contributed by atoms with Gasteiger partial charge in [-0.2, -0.15) is 0 Å². The fourth-order valence-electron chi connectivity index (χ4n) is 3.77. The van der Waals surface area contributed by atoms with Crippen molar-refractivity contribution < 1.29 is 9.59 Å². The molecule has 0 saturated heterocycles. The third kappa shape index (κ3) is 2.29. The third-order valence-corrected chi connectivity index (χ3v) is 4.95.